The summed E-state index contributed by atoms with van der Waals surface area (Å²) in [7, 11) is 3.00. The van der Waals surface area contributed by atoms with E-state index in [0.717, 1.165) is 16.9 Å². The summed E-state index contributed by atoms with van der Waals surface area (Å²) >= 11 is 0. The summed E-state index contributed by atoms with van der Waals surface area (Å²) in [5, 5.41) is 4.62. The van der Waals surface area contributed by atoms with Crippen molar-refractivity contribution in [2.75, 3.05) is 14.2 Å². The maximum atomic E-state index is 13.0. The molecule has 0 N–H and O–H groups in total. The van der Waals surface area contributed by atoms with E-state index in [-0.39, 0.29) is 11.5 Å². The Hall–Kier alpha value is -3.28. The summed E-state index contributed by atoms with van der Waals surface area (Å²) in [6.07, 6.45) is 0. The van der Waals surface area contributed by atoms with Crippen LogP contribution < -0.4 is 14.2 Å². The first-order chi connectivity index (χ1) is 13.4. The van der Waals surface area contributed by atoms with E-state index in [1.54, 1.807) is 28.9 Å². The van der Waals surface area contributed by atoms with Crippen LogP contribution in [-0.4, -0.2) is 30.0 Å². The number of benzene rings is 2. The highest BCUT2D eigenvalue weighted by atomic mass is 16.5. The van der Waals surface area contributed by atoms with Gasteiger partial charge in [-0.25, -0.2) is 9.48 Å². The zero-order valence-electron chi connectivity index (χ0n) is 16.7. The van der Waals surface area contributed by atoms with Crippen molar-refractivity contribution in [1.82, 2.24) is 9.78 Å². The van der Waals surface area contributed by atoms with Gasteiger partial charge in [-0.1, -0.05) is 37.6 Å². The number of aryl methyl sites for hydroxylation is 1. The molecule has 0 bridgehead atoms. The van der Waals surface area contributed by atoms with E-state index in [0.29, 0.717) is 17.4 Å². The van der Waals surface area contributed by atoms with Gasteiger partial charge < -0.3 is 14.2 Å². The predicted molar refractivity (Wildman–Crippen MR) is 107 cm³/mol. The SMILES string of the molecule is COc1cccc(OC)c1C(=O)Oc1cc(C(C)C)nn1-c1ccc(C)cc1. The molecule has 1 heterocycles. The number of carbonyl (C=O) groups is 1. The van der Waals surface area contributed by atoms with Crippen LogP contribution in [0.15, 0.2) is 48.5 Å². The number of aromatic nitrogens is 2. The number of esters is 1. The highest BCUT2D eigenvalue weighted by Crippen LogP contribution is 2.31. The van der Waals surface area contributed by atoms with Crippen molar-refractivity contribution in [3.8, 4) is 23.1 Å². The van der Waals surface area contributed by atoms with E-state index in [2.05, 4.69) is 5.10 Å². The number of nitrogens with zero attached hydrogens (tertiary/aromatic N) is 2. The Morgan fingerprint density at radius 1 is 1.00 bits per heavy atom. The van der Waals surface area contributed by atoms with Crippen LogP contribution in [0.2, 0.25) is 0 Å². The lowest BCUT2D eigenvalue weighted by molar-refractivity contribution is 0.0716. The number of ether oxygens (including phenoxy) is 3. The zero-order valence-corrected chi connectivity index (χ0v) is 16.7. The molecule has 3 rings (SSSR count). The Kier molecular flexibility index (Phi) is 5.68. The average molecular weight is 380 g/mol. The molecule has 146 valence electrons. The fourth-order valence-corrected chi connectivity index (χ4v) is 2.81. The largest absolute Gasteiger partial charge is 0.496 e. The van der Waals surface area contributed by atoms with Gasteiger partial charge in [-0.2, -0.15) is 5.10 Å². The van der Waals surface area contributed by atoms with Gasteiger partial charge in [-0.3, -0.25) is 0 Å². The molecule has 0 aliphatic carbocycles. The van der Waals surface area contributed by atoms with Gasteiger partial charge in [0.25, 0.3) is 0 Å². The summed E-state index contributed by atoms with van der Waals surface area (Å²) in [5.74, 6) is 0.720. The van der Waals surface area contributed by atoms with Crippen LogP contribution in [0.1, 0.15) is 41.4 Å². The Balaban J connectivity index is 2.03. The molecule has 0 unspecified atom stereocenters. The zero-order chi connectivity index (χ0) is 20.3. The summed E-state index contributed by atoms with van der Waals surface area (Å²) in [6.45, 7) is 6.09. The Labute approximate surface area is 164 Å². The molecule has 0 aliphatic heterocycles. The molecule has 2 aromatic carbocycles. The molecule has 0 saturated heterocycles. The lowest BCUT2D eigenvalue weighted by Gasteiger charge is -2.13. The monoisotopic (exact) mass is 380 g/mol. The topological polar surface area (TPSA) is 62.6 Å². The van der Waals surface area contributed by atoms with Crippen molar-refractivity contribution in [1.29, 1.82) is 0 Å². The molecule has 0 fully saturated rings. The van der Waals surface area contributed by atoms with E-state index < -0.39 is 5.97 Å². The molecule has 0 radical (unpaired) electrons. The molecule has 0 atom stereocenters. The van der Waals surface area contributed by atoms with E-state index in [9.17, 15) is 4.79 Å². The molecular weight excluding hydrogens is 356 g/mol. The van der Waals surface area contributed by atoms with Crippen LogP contribution >= 0.6 is 0 Å². The summed E-state index contributed by atoms with van der Waals surface area (Å²) in [5.41, 5.74) is 3.01. The second-order valence-corrected chi connectivity index (χ2v) is 6.74. The van der Waals surface area contributed by atoms with Gasteiger partial charge in [0, 0.05) is 6.07 Å². The summed E-state index contributed by atoms with van der Waals surface area (Å²) < 4.78 is 18.0. The first kappa shape index (κ1) is 19.5. The van der Waals surface area contributed by atoms with Gasteiger partial charge in [0.2, 0.25) is 5.88 Å². The summed E-state index contributed by atoms with van der Waals surface area (Å²) in [6, 6.07) is 14.8. The molecule has 1 aromatic heterocycles. The average Bonchev–Trinajstić information content (AvgIpc) is 3.11. The van der Waals surface area contributed by atoms with Gasteiger partial charge in [-0.15, -0.1) is 0 Å². The normalized spacial score (nSPS) is 10.8. The molecule has 0 saturated carbocycles. The van der Waals surface area contributed by atoms with Crippen molar-refractivity contribution in [2.24, 2.45) is 0 Å². The molecule has 0 aliphatic rings. The standard InChI is InChI=1S/C22H24N2O4/c1-14(2)17-13-20(24(23-17)16-11-9-15(3)10-12-16)28-22(25)21-18(26-4)7-6-8-19(21)27-5/h6-14H,1-5H3. The van der Waals surface area contributed by atoms with Gasteiger partial charge in [-0.05, 0) is 37.1 Å². The minimum Gasteiger partial charge on any atom is -0.496 e. The smallest absolute Gasteiger partial charge is 0.352 e. The third kappa shape index (κ3) is 3.86. The van der Waals surface area contributed by atoms with Gasteiger partial charge >= 0.3 is 5.97 Å². The van der Waals surface area contributed by atoms with Crippen LogP contribution in [0.25, 0.3) is 5.69 Å². The minimum absolute atomic E-state index is 0.185. The lowest BCUT2D eigenvalue weighted by Crippen LogP contribution is -2.14. The third-order valence-corrected chi connectivity index (χ3v) is 4.39. The Bertz CT molecular complexity index is 952. The van der Waals surface area contributed by atoms with E-state index in [1.807, 2.05) is 45.0 Å². The highest BCUT2D eigenvalue weighted by molar-refractivity contribution is 5.97. The van der Waals surface area contributed by atoms with Crippen LogP contribution in [0.3, 0.4) is 0 Å². The van der Waals surface area contributed by atoms with E-state index in [1.165, 1.54) is 14.2 Å². The maximum absolute atomic E-state index is 13.0. The van der Waals surface area contributed by atoms with E-state index >= 15 is 0 Å². The molecule has 28 heavy (non-hydrogen) atoms. The lowest BCUT2D eigenvalue weighted by atomic mass is 10.1. The predicted octanol–water partition coefficient (Wildman–Crippen LogP) is 4.54. The van der Waals surface area contributed by atoms with Crippen LogP contribution in [-0.2, 0) is 0 Å². The van der Waals surface area contributed by atoms with Crippen LogP contribution in [0, 0.1) is 6.92 Å². The van der Waals surface area contributed by atoms with Crippen molar-refractivity contribution < 1.29 is 19.0 Å². The number of hydrogen-bond donors (Lipinski definition) is 0. The highest BCUT2D eigenvalue weighted by Gasteiger charge is 2.23. The van der Waals surface area contributed by atoms with Crippen molar-refractivity contribution in [3.05, 3.63) is 65.4 Å². The summed E-state index contributed by atoms with van der Waals surface area (Å²) in [4.78, 5) is 13.0. The molecule has 0 amide bonds. The van der Waals surface area contributed by atoms with Crippen molar-refractivity contribution >= 4 is 5.97 Å². The fraction of sp³-hybridized carbons (Fsp3) is 0.273. The maximum Gasteiger partial charge on any atom is 0.352 e. The molecule has 6 nitrogen and oxygen atoms in total. The number of rotatable bonds is 6. The first-order valence-corrected chi connectivity index (χ1v) is 9.04. The molecular formula is C22H24N2O4. The van der Waals surface area contributed by atoms with Crippen LogP contribution in [0.5, 0.6) is 17.4 Å². The first-order valence-electron chi connectivity index (χ1n) is 9.04. The van der Waals surface area contributed by atoms with Crippen molar-refractivity contribution in [3.63, 3.8) is 0 Å². The number of methoxy groups -OCH3 is 2. The van der Waals surface area contributed by atoms with Gasteiger partial charge in [0.1, 0.15) is 17.1 Å². The molecule has 6 heteroatoms. The number of carbonyl (C=O) groups excluding carboxylic acids is 1. The van der Waals surface area contributed by atoms with Gasteiger partial charge in [0.15, 0.2) is 0 Å². The Morgan fingerprint density at radius 2 is 1.61 bits per heavy atom. The second-order valence-electron chi connectivity index (χ2n) is 6.74. The minimum atomic E-state index is -0.571. The second kappa shape index (κ2) is 8.17. The van der Waals surface area contributed by atoms with Crippen molar-refractivity contribution in [2.45, 2.75) is 26.7 Å². The molecule has 0 spiro atoms. The number of hydrogen-bond acceptors (Lipinski definition) is 5. The third-order valence-electron chi connectivity index (χ3n) is 4.39. The van der Waals surface area contributed by atoms with Gasteiger partial charge in [0.05, 0.1) is 25.6 Å². The van der Waals surface area contributed by atoms with Crippen LogP contribution in [0.4, 0.5) is 0 Å². The molecule has 3 aromatic rings. The Morgan fingerprint density at radius 3 is 2.14 bits per heavy atom. The fourth-order valence-electron chi connectivity index (χ4n) is 2.81. The van der Waals surface area contributed by atoms with E-state index in [4.69, 9.17) is 14.2 Å². The quantitative estimate of drug-likeness (QED) is 0.588.